The summed E-state index contributed by atoms with van der Waals surface area (Å²) in [6, 6.07) is 10.2. The zero-order valence-electron chi connectivity index (χ0n) is 12.6. The molecule has 1 saturated heterocycles. The molecule has 0 aromatic heterocycles. The molecule has 2 unspecified atom stereocenters. The Kier molecular flexibility index (Phi) is 4.48. The van der Waals surface area contributed by atoms with Crippen LogP contribution >= 0.6 is 0 Å². The van der Waals surface area contributed by atoms with Gasteiger partial charge in [0.1, 0.15) is 0 Å². The second-order valence-corrected chi connectivity index (χ2v) is 5.87. The van der Waals surface area contributed by atoms with E-state index >= 15 is 0 Å². The Balaban J connectivity index is 2.10. The molecule has 0 amide bonds. The smallest absolute Gasteiger partial charge is 0.0367 e. The molecule has 3 heteroatoms. The van der Waals surface area contributed by atoms with Gasteiger partial charge in [0.25, 0.3) is 0 Å². The van der Waals surface area contributed by atoms with E-state index in [0.29, 0.717) is 12.1 Å². The molecule has 19 heavy (non-hydrogen) atoms. The van der Waals surface area contributed by atoms with Gasteiger partial charge in [0.15, 0.2) is 0 Å². The Morgan fingerprint density at radius 3 is 2.16 bits per heavy atom. The Bertz CT molecular complexity index is 389. The van der Waals surface area contributed by atoms with Crippen LogP contribution in [0.3, 0.4) is 0 Å². The van der Waals surface area contributed by atoms with Crippen LogP contribution < -0.4 is 10.6 Å². The zero-order valence-corrected chi connectivity index (χ0v) is 12.6. The highest BCUT2D eigenvalue weighted by Gasteiger charge is 2.26. The summed E-state index contributed by atoms with van der Waals surface area (Å²) < 4.78 is 0. The van der Waals surface area contributed by atoms with Crippen LogP contribution in [0.5, 0.6) is 0 Å². The van der Waals surface area contributed by atoms with E-state index in [2.05, 4.69) is 61.9 Å². The molecule has 3 nitrogen and oxygen atoms in total. The minimum absolute atomic E-state index is 0.166. The van der Waals surface area contributed by atoms with Crippen LogP contribution in [-0.4, -0.2) is 37.1 Å². The van der Waals surface area contributed by atoms with E-state index in [1.54, 1.807) is 0 Å². The number of benzene rings is 1. The van der Waals surface area contributed by atoms with Crippen LogP contribution in [0.2, 0.25) is 0 Å². The lowest BCUT2D eigenvalue weighted by atomic mass is 10.0. The number of hydrogen-bond acceptors (Lipinski definition) is 3. The first-order chi connectivity index (χ1) is 9.02. The fourth-order valence-corrected chi connectivity index (χ4v) is 2.78. The summed E-state index contributed by atoms with van der Waals surface area (Å²) in [6.45, 7) is 8.91. The van der Waals surface area contributed by atoms with Gasteiger partial charge < -0.3 is 10.6 Å². The maximum atomic E-state index is 6.06. The number of rotatable bonds is 3. The van der Waals surface area contributed by atoms with E-state index in [9.17, 15) is 0 Å². The molecule has 1 aliphatic heterocycles. The quantitative estimate of drug-likeness (QED) is 0.908. The highest BCUT2D eigenvalue weighted by Crippen LogP contribution is 2.23. The molecule has 0 saturated carbocycles. The van der Waals surface area contributed by atoms with Crippen molar-refractivity contribution in [3.05, 3.63) is 29.8 Å². The molecule has 1 aliphatic rings. The van der Waals surface area contributed by atoms with Crippen molar-refractivity contribution in [2.24, 2.45) is 5.73 Å². The first-order valence-electron chi connectivity index (χ1n) is 7.35. The fraction of sp³-hybridized carbons (Fsp3) is 0.625. The van der Waals surface area contributed by atoms with Crippen LogP contribution in [0.1, 0.15) is 38.8 Å². The Morgan fingerprint density at radius 2 is 1.68 bits per heavy atom. The maximum Gasteiger partial charge on any atom is 0.0367 e. The molecular weight excluding hydrogens is 234 g/mol. The van der Waals surface area contributed by atoms with Crippen LogP contribution in [-0.2, 0) is 0 Å². The first kappa shape index (κ1) is 14.4. The van der Waals surface area contributed by atoms with Gasteiger partial charge in [0, 0.05) is 36.9 Å². The molecule has 1 fully saturated rings. The normalized spacial score (nSPS) is 26.5. The minimum atomic E-state index is 0.166. The lowest BCUT2D eigenvalue weighted by Crippen LogP contribution is -2.55. The van der Waals surface area contributed by atoms with Crippen molar-refractivity contribution >= 4 is 5.69 Å². The van der Waals surface area contributed by atoms with Gasteiger partial charge >= 0.3 is 0 Å². The highest BCUT2D eigenvalue weighted by molar-refractivity contribution is 5.49. The molecule has 0 spiro atoms. The second kappa shape index (κ2) is 5.93. The van der Waals surface area contributed by atoms with E-state index < -0.39 is 0 Å². The predicted molar refractivity (Wildman–Crippen MR) is 82.6 cm³/mol. The number of piperazine rings is 1. The van der Waals surface area contributed by atoms with Crippen molar-refractivity contribution in [3.63, 3.8) is 0 Å². The van der Waals surface area contributed by atoms with Crippen LogP contribution in [0.4, 0.5) is 5.69 Å². The fourth-order valence-electron chi connectivity index (χ4n) is 2.78. The molecular formula is C16H27N3. The monoisotopic (exact) mass is 261 g/mol. The standard InChI is InChI=1S/C16H27N3/c1-5-16(17)14-6-8-15(9-7-14)19-10-12(2)18(4)13(3)11-19/h6-9,12-13,16H,5,10-11,17H2,1-4H3/t12?,13?,16-/m1/s1. The summed E-state index contributed by atoms with van der Waals surface area (Å²) in [7, 11) is 2.22. The second-order valence-electron chi connectivity index (χ2n) is 5.87. The minimum Gasteiger partial charge on any atom is -0.368 e. The molecule has 106 valence electrons. The van der Waals surface area contributed by atoms with Crippen molar-refractivity contribution in [2.45, 2.75) is 45.3 Å². The van der Waals surface area contributed by atoms with Crippen molar-refractivity contribution in [1.29, 1.82) is 0 Å². The third-order valence-corrected chi connectivity index (χ3v) is 4.49. The SMILES string of the molecule is CC[C@@H](N)c1ccc(N2CC(C)N(C)C(C)C2)cc1. The van der Waals surface area contributed by atoms with Gasteiger partial charge in [0.05, 0.1) is 0 Å². The number of likely N-dealkylation sites (N-methyl/N-ethyl adjacent to an activating group) is 1. The summed E-state index contributed by atoms with van der Waals surface area (Å²) in [5.74, 6) is 0. The van der Waals surface area contributed by atoms with E-state index in [4.69, 9.17) is 5.73 Å². The van der Waals surface area contributed by atoms with Crippen molar-refractivity contribution in [3.8, 4) is 0 Å². The third-order valence-electron chi connectivity index (χ3n) is 4.49. The average molecular weight is 261 g/mol. The largest absolute Gasteiger partial charge is 0.368 e. The van der Waals surface area contributed by atoms with Gasteiger partial charge in [-0.1, -0.05) is 19.1 Å². The molecule has 2 N–H and O–H groups in total. The number of anilines is 1. The number of nitrogens with two attached hydrogens (primary N) is 1. The summed E-state index contributed by atoms with van der Waals surface area (Å²) in [4.78, 5) is 4.94. The molecule has 0 radical (unpaired) electrons. The van der Waals surface area contributed by atoms with Gasteiger partial charge in [-0.25, -0.2) is 0 Å². The van der Waals surface area contributed by atoms with Crippen LogP contribution in [0, 0.1) is 0 Å². The predicted octanol–water partition coefficient (Wildman–Crippen LogP) is 2.63. The molecule has 3 atom stereocenters. The average Bonchev–Trinajstić information content (AvgIpc) is 2.43. The third kappa shape index (κ3) is 3.10. The molecule has 1 aromatic carbocycles. The van der Waals surface area contributed by atoms with Crippen molar-refractivity contribution in [2.75, 3.05) is 25.0 Å². The van der Waals surface area contributed by atoms with Crippen LogP contribution in [0.25, 0.3) is 0 Å². The maximum absolute atomic E-state index is 6.06. The van der Waals surface area contributed by atoms with Crippen molar-refractivity contribution in [1.82, 2.24) is 4.90 Å². The van der Waals surface area contributed by atoms with E-state index in [1.165, 1.54) is 11.3 Å². The highest BCUT2D eigenvalue weighted by atomic mass is 15.3. The first-order valence-corrected chi connectivity index (χ1v) is 7.35. The number of nitrogens with zero attached hydrogens (tertiary/aromatic N) is 2. The number of hydrogen-bond donors (Lipinski definition) is 1. The molecule has 0 aliphatic carbocycles. The van der Waals surface area contributed by atoms with E-state index in [0.717, 1.165) is 19.5 Å². The lowest BCUT2D eigenvalue weighted by molar-refractivity contribution is 0.170. The molecule has 0 bridgehead atoms. The summed E-state index contributed by atoms with van der Waals surface area (Å²) in [6.07, 6.45) is 0.988. The Morgan fingerprint density at radius 1 is 1.16 bits per heavy atom. The Hall–Kier alpha value is -1.06. The van der Waals surface area contributed by atoms with Gasteiger partial charge in [-0.3, -0.25) is 4.90 Å². The summed E-state index contributed by atoms with van der Waals surface area (Å²) in [5, 5.41) is 0. The van der Waals surface area contributed by atoms with Gasteiger partial charge in [0.2, 0.25) is 0 Å². The van der Waals surface area contributed by atoms with Gasteiger partial charge in [-0.15, -0.1) is 0 Å². The molecule has 1 aromatic rings. The van der Waals surface area contributed by atoms with E-state index in [-0.39, 0.29) is 6.04 Å². The van der Waals surface area contributed by atoms with Crippen LogP contribution in [0.15, 0.2) is 24.3 Å². The van der Waals surface area contributed by atoms with Gasteiger partial charge in [-0.2, -0.15) is 0 Å². The lowest BCUT2D eigenvalue weighted by Gasteiger charge is -2.43. The Labute approximate surface area is 117 Å². The molecule has 1 heterocycles. The zero-order chi connectivity index (χ0) is 14.0. The summed E-state index contributed by atoms with van der Waals surface area (Å²) in [5.41, 5.74) is 8.62. The van der Waals surface area contributed by atoms with Gasteiger partial charge in [-0.05, 0) is 45.0 Å². The summed E-state index contributed by atoms with van der Waals surface area (Å²) >= 11 is 0. The topological polar surface area (TPSA) is 32.5 Å². The van der Waals surface area contributed by atoms with Crippen molar-refractivity contribution < 1.29 is 0 Å². The molecule has 2 rings (SSSR count). The van der Waals surface area contributed by atoms with E-state index in [1.807, 2.05) is 0 Å².